The largest absolute Gasteiger partial charge is 0.0979 e. The van der Waals surface area contributed by atoms with E-state index < -0.39 is 0 Å². The van der Waals surface area contributed by atoms with Crippen molar-refractivity contribution in [3.63, 3.8) is 0 Å². The molecule has 0 saturated heterocycles. The highest BCUT2D eigenvalue weighted by Gasteiger charge is 2.03. The maximum Gasteiger partial charge on any atom is 0.0245 e. The maximum absolute atomic E-state index is 3.40. The van der Waals surface area contributed by atoms with Gasteiger partial charge < -0.3 is 0 Å². The number of rotatable bonds is 25. The van der Waals surface area contributed by atoms with E-state index in [4.69, 9.17) is 0 Å². The SMILES string of the molecule is CCCCCCCCCCCCCCCCCCCCC#Cc1ccc(CCC(C)CCCCC)cc1. The minimum atomic E-state index is 0.848. The molecule has 0 amide bonds. The molecule has 0 nitrogen and oxygen atoms in total. The van der Waals surface area contributed by atoms with Gasteiger partial charge in [0.2, 0.25) is 0 Å². The number of unbranched alkanes of at least 4 members (excludes halogenated alkanes) is 20. The number of hydrogen-bond acceptors (Lipinski definition) is 0. The van der Waals surface area contributed by atoms with Gasteiger partial charge in [-0.05, 0) is 42.9 Å². The molecule has 0 aliphatic rings. The summed E-state index contributed by atoms with van der Waals surface area (Å²) in [4.78, 5) is 0. The topological polar surface area (TPSA) is 0 Å². The summed E-state index contributed by atoms with van der Waals surface area (Å²) >= 11 is 0. The van der Waals surface area contributed by atoms with Crippen molar-refractivity contribution in [3.05, 3.63) is 35.4 Å². The van der Waals surface area contributed by atoms with Gasteiger partial charge in [0.1, 0.15) is 0 Å². The van der Waals surface area contributed by atoms with E-state index in [-0.39, 0.29) is 0 Å². The normalized spacial score (nSPS) is 11.9. The first kappa shape index (κ1) is 33.8. The van der Waals surface area contributed by atoms with Crippen LogP contribution >= 0.6 is 0 Å². The second-order valence-corrected chi connectivity index (χ2v) is 11.9. The Bertz CT molecular complexity index is 643. The van der Waals surface area contributed by atoms with Crippen molar-refractivity contribution in [1.29, 1.82) is 0 Å². The highest BCUT2D eigenvalue weighted by atomic mass is 14.1. The van der Waals surface area contributed by atoms with Gasteiger partial charge >= 0.3 is 0 Å². The van der Waals surface area contributed by atoms with Crippen LogP contribution in [0.5, 0.6) is 0 Å². The molecule has 212 valence electrons. The molecule has 0 radical (unpaired) electrons. The third-order valence-electron chi connectivity index (χ3n) is 8.07. The van der Waals surface area contributed by atoms with E-state index in [0.717, 1.165) is 12.3 Å². The predicted molar refractivity (Wildman–Crippen MR) is 168 cm³/mol. The first-order valence-electron chi connectivity index (χ1n) is 16.8. The lowest BCUT2D eigenvalue weighted by Crippen LogP contribution is -1.97. The van der Waals surface area contributed by atoms with Crippen molar-refractivity contribution in [3.8, 4) is 11.8 Å². The van der Waals surface area contributed by atoms with E-state index in [2.05, 4.69) is 56.9 Å². The lowest BCUT2D eigenvalue weighted by molar-refractivity contribution is 0.464. The van der Waals surface area contributed by atoms with Crippen LogP contribution in [0.2, 0.25) is 0 Å². The van der Waals surface area contributed by atoms with Gasteiger partial charge in [0.25, 0.3) is 0 Å². The van der Waals surface area contributed by atoms with Gasteiger partial charge in [-0.1, -0.05) is 180 Å². The van der Waals surface area contributed by atoms with E-state index in [1.54, 1.807) is 0 Å². The summed E-state index contributed by atoms with van der Waals surface area (Å²) in [6.07, 6.45) is 34.9. The van der Waals surface area contributed by atoms with Crippen molar-refractivity contribution in [1.82, 2.24) is 0 Å². The monoisotopic (exact) mass is 509 g/mol. The molecule has 1 unspecified atom stereocenters. The molecule has 1 aromatic carbocycles. The molecule has 0 N–H and O–H groups in total. The Balaban J connectivity index is 1.89. The summed E-state index contributed by atoms with van der Waals surface area (Å²) in [7, 11) is 0. The first-order chi connectivity index (χ1) is 18.3. The highest BCUT2D eigenvalue weighted by molar-refractivity contribution is 5.36. The zero-order valence-electron chi connectivity index (χ0n) is 25.6. The van der Waals surface area contributed by atoms with Gasteiger partial charge in [0.15, 0.2) is 0 Å². The van der Waals surface area contributed by atoms with Gasteiger partial charge in [-0.2, -0.15) is 0 Å². The van der Waals surface area contributed by atoms with Gasteiger partial charge in [0, 0.05) is 12.0 Å². The van der Waals surface area contributed by atoms with Crippen LogP contribution in [-0.4, -0.2) is 0 Å². The van der Waals surface area contributed by atoms with Crippen molar-refractivity contribution < 1.29 is 0 Å². The van der Waals surface area contributed by atoms with E-state index in [1.807, 2.05) is 0 Å². The molecule has 0 aliphatic carbocycles. The quantitative estimate of drug-likeness (QED) is 0.0909. The summed E-state index contributed by atoms with van der Waals surface area (Å²) in [6, 6.07) is 9.03. The van der Waals surface area contributed by atoms with Crippen LogP contribution in [0.1, 0.15) is 186 Å². The fourth-order valence-corrected chi connectivity index (χ4v) is 5.33. The molecule has 37 heavy (non-hydrogen) atoms. The van der Waals surface area contributed by atoms with Gasteiger partial charge in [-0.3, -0.25) is 0 Å². The van der Waals surface area contributed by atoms with E-state index >= 15 is 0 Å². The van der Waals surface area contributed by atoms with Gasteiger partial charge in [0.05, 0.1) is 0 Å². The molecule has 0 spiro atoms. The molecule has 0 heteroatoms. The maximum atomic E-state index is 3.40. The van der Waals surface area contributed by atoms with Crippen molar-refractivity contribution in [2.45, 2.75) is 181 Å². The summed E-state index contributed by atoms with van der Waals surface area (Å²) in [5, 5.41) is 0. The van der Waals surface area contributed by atoms with Crippen LogP contribution < -0.4 is 0 Å². The van der Waals surface area contributed by atoms with Gasteiger partial charge in [-0.15, -0.1) is 0 Å². The fraction of sp³-hybridized carbons (Fsp3) is 0.784. The van der Waals surface area contributed by atoms with E-state index in [1.165, 1.54) is 165 Å². The number of aryl methyl sites for hydroxylation is 1. The number of benzene rings is 1. The summed E-state index contributed by atoms with van der Waals surface area (Å²) in [5.74, 6) is 7.63. The minimum absolute atomic E-state index is 0.848. The number of hydrogen-bond donors (Lipinski definition) is 0. The second-order valence-electron chi connectivity index (χ2n) is 11.9. The smallest absolute Gasteiger partial charge is 0.0245 e. The van der Waals surface area contributed by atoms with Crippen LogP contribution in [0.4, 0.5) is 0 Å². The Kier molecular flexibility index (Phi) is 24.1. The van der Waals surface area contributed by atoms with Crippen molar-refractivity contribution in [2.75, 3.05) is 0 Å². The first-order valence-corrected chi connectivity index (χ1v) is 16.8. The minimum Gasteiger partial charge on any atom is -0.0979 e. The molecule has 0 fully saturated rings. The molecule has 0 saturated carbocycles. The Morgan fingerprint density at radius 3 is 1.43 bits per heavy atom. The molecular weight excluding hydrogens is 444 g/mol. The van der Waals surface area contributed by atoms with E-state index in [9.17, 15) is 0 Å². The lowest BCUT2D eigenvalue weighted by atomic mass is 9.95. The Morgan fingerprint density at radius 2 is 0.946 bits per heavy atom. The van der Waals surface area contributed by atoms with Crippen LogP contribution in [0.15, 0.2) is 24.3 Å². The third kappa shape index (κ3) is 22.5. The summed E-state index contributed by atoms with van der Waals surface area (Å²) < 4.78 is 0. The van der Waals surface area contributed by atoms with Crippen molar-refractivity contribution in [2.24, 2.45) is 5.92 Å². The molecular formula is C37H64. The standard InChI is InChI=1S/C37H64/c1-4-6-8-9-10-11-12-13-14-15-16-17-18-19-20-21-22-23-24-26-28-36-31-33-37(34-32-36)30-29-35(3)27-25-7-5-2/h31-35H,4-25,27,29-30H2,1-3H3. The highest BCUT2D eigenvalue weighted by Crippen LogP contribution is 2.17. The fourth-order valence-electron chi connectivity index (χ4n) is 5.33. The molecule has 1 rings (SSSR count). The zero-order chi connectivity index (χ0) is 26.7. The molecule has 1 atom stereocenters. The van der Waals surface area contributed by atoms with Crippen LogP contribution in [0.25, 0.3) is 0 Å². The predicted octanol–water partition coefficient (Wildman–Crippen LogP) is 12.6. The second kappa shape index (κ2) is 26.4. The molecule has 0 heterocycles. The van der Waals surface area contributed by atoms with Gasteiger partial charge in [-0.25, -0.2) is 0 Å². The average molecular weight is 509 g/mol. The lowest BCUT2D eigenvalue weighted by Gasteiger charge is -2.10. The Morgan fingerprint density at radius 1 is 0.514 bits per heavy atom. The molecule has 0 bridgehead atoms. The average Bonchev–Trinajstić information content (AvgIpc) is 2.91. The van der Waals surface area contributed by atoms with Crippen LogP contribution in [-0.2, 0) is 6.42 Å². The zero-order valence-corrected chi connectivity index (χ0v) is 25.6. The van der Waals surface area contributed by atoms with E-state index in [0.29, 0.717) is 0 Å². The van der Waals surface area contributed by atoms with Crippen molar-refractivity contribution >= 4 is 0 Å². The van der Waals surface area contributed by atoms with Crippen LogP contribution in [0.3, 0.4) is 0 Å². The third-order valence-corrected chi connectivity index (χ3v) is 8.07. The molecule has 0 aliphatic heterocycles. The summed E-state index contributed by atoms with van der Waals surface area (Å²) in [6.45, 7) is 7.00. The van der Waals surface area contributed by atoms with Crippen LogP contribution in [0, 0.1) is 17.8 Å². The molecule has 1 aromatic rings. The Hall–Kier alpha value is -1.22. The Labute approximate surface area is 234 Å². The summed E-state index contributed by atoms with van der Waals surface area (Å²) in [5.41, 5.74) is 2.65. The molecule has 0 aromatic heterocycles.